The van der Waals surface area contributed by atoms with Gasteiger partial charge in [0.15, 0.2) is 5.72 Å². The minimum Gasteiger partial charge on any atom is -0.495 e. The van der Waals surface area contributed by atoms with Crippen molar-refractivity contribution in [2.45, 2.75) is 127 Å². The zero-order chi connectivity index (χ0) is 43.1. The van der Waals surface area contributed by atoms with Crippen LogP contribution in [-0.2, 0) is 44.5 Å². The van der Waals surface area contributed by atoms with Crippen molar-refractivity contribution in [3.63, 3.8) is 0 Å². The first-order valence-corrected chi connectivity index (χ1v) is 22.1. The quantitative estimate of drug-likeness (QED) is 0.102. The summed E-state index contributed by atoms with van der Waals surface area (Å²) in [6.07, 6.45) is 2.29. The highest BCUT2D eigenvalue weighted by Gasteiger charge is 2.64. The molecule has 1 aromatic rings. The Kier molecular flexibility index (Phi) is 16.6. The monoisotopic (exact) mass is 867 g/mol. The molecule has 2 unspecified atom stereocenters. The summed E-state index contributed by atoms with van der Waals surface area (Å²) >= 11 is 6.78. The molecular weight excluding hydrogens is 810 g/mol. The molecule has 2 saturated heterocycles. The maximum Gasteiger partial charge on any atom is 0.409 e. The normalized spacial score (nSPS) is 30.0. The van der Waals surface area contributed by atoms with Crippen molar-refractivity contribution >= 4 is 68.5 Å². The van der Waals surface area contributed by atoms with Gasteiger partial charge in [0.1, 0.15) is 46.5 Å². The van der Waals surface area contributed by atoms with Crippen LogP contribution in [-0.4, -0.2) is 121 Å². The van der Waals surface area contributed by atoms with Crippen LogP contribution in [0.5, 0.6) is 5.75 Å². The maximum absolute atomic E-state index is 14.2. The van der Waals surface area contributed by atoms with E-state index < -0.39 is 65.7 Å². The number of halogens is 1. The van der Waals surface area contributed by atoms with E-state index >= 15 is 0 Å². The fourth-order valence-corrected chi connectivity index (χ4v) is 9.78. The third kappa shape index (κ3) is 11.7. The fourth-order valence-electron chi connectivity index (χ4n) is 7.14. The van der Waals surface area contributed by atoms with E-state index in [-0.39, 0.29) is 41.2 Å². The van der Waals surface area contributed by atoms with Crippen LogP contribution in [0.25, 0.3) is 0 Å². The minimum absolute atomic E-state index is 0.0598. The number of ketones is 1. The van der Waals surface area contributed by atoms with Crippen molar-refractivity contribution in [2.75, 3.05) is 39.0 Å². The van der Waals surface area contributed by atoms with E-state index in [1.165, 1.54) is 41.9 Å². The molecule has 0 aliphatic carbocycles. The molecule has 9 atom stereocenters. The lowest BCUT2D eigenvalue weighted by Crippen LogP contribution is -2.63. The third-order valence-corrected chi connectivity index (χ3v) is 14.4. The van der Waals surface area contributed by atoms with Crippen LogP contribution in [0.15, 0.2) is 35.9 Å². The molecule has 3 aliphatic rings. The molecule has 58 heavy (non-hydrogen) atoms. The van der Waals surface area contributed by atoms with E-state index in [2.05, 4.69) is 5.32 Å². The highest BCUT2D eigenvalue weighted by Crippen LogP contribution is 2.49. The second kappa shape index (κ2) is 20.3. The van der Waals surface area contributed by atoms with E-state index in [4.69, 9.17) is 35.3 Å². The zero-order valence-electron chi connectivity index (χ0n) is 35.0. The number of hydrogen-bond acceptors (Lipinski definition) is 13. The number of benzene rings is 1. The molecule has 0 aromatic heterocycles. The molecule has 2 fully saturated rings. The Balaban J connectivity index is 1.63. The molecule has 3 aliphatic heterocycles. The first-order chi connectivity index (χ1) is 27.2. The molecule has 1 aromatic carbocycles. The lowest BCUT2D eigenvalue weighted by atomic mass is 9.83. The average Bonchev–Trinajstić information content (AvgIpc) is 3.87. The number of ether oxygens (including phenoxy) is 5. The molecule has 17 heteroatoms. The molecule has 3 heterocycles. The molecular formula is C41H58ClN3O11S2. The number of nitrogens with zero attached hydrogens (tertiary/aromatic N) is 2. The molecule has 3 amide bonds. The molecule has 322 valence electrons. The highest BCUT2D eigenvalue weighted by molar-refractivity contribution is 8.76. The second-order valence-corrected chi connectivity index (χ2v) is 18.9. The number of allylic oxidation sites excluding steroid dienone is 3. The van der Waals surface area contributed by atoms with Crippen LogP contribution in [0.2, 0.25) is 5.02 Å². The van der Waals surface area contributed by atoms with Gasteiger partial charge in [0, 0.05) is 57.4 Å². The summed E-state index contributed by atoms with van der Waals surface area (Å²) in [5.41, 5.74) is -0.964. The molecule has 0 saturated carbocycles. The summed E-state index contributed by atoms with van der Waals surface area (Å²) in [6.45, 7) is 10.6. The van der Waals surface area contributed by atoms with E-state index in [1.807, 2.05) is 19.9 Å². The molecule has 0 radical (unpaired) electrons. The molecule has 2 N–H and O–H groups in total. The van der Waals surface area contributed by atoms with Crippen LogP contribution < -0.4 is 15.0 Å². The van der Waals surface area contributed by atoms with Crippen LogP contribution in [0.3, 0.4) is 0 Å². The number of carbonyl (C=O) groups excluding carboxylic acids is 5. The van der Waals surface area contributed by atoms with E-state index in [9.17, 15) is 29.1 Å². The van der Waals surface area contributed by atoms with Gasteiger partial charge in [-0.2, -0.15) is 0 Å². The number of esters is 1. The third-order valence-electron chi connectivity index (χ3n) is 11.1. The largest absolute Gasteiger partial charge is 0.495 e. The maximum atomic E-state index is 14.2. The highest BCUT2D eigenvalue weighted by atomic mass is 35.5. The number of aliphatic hydroxyl groups is 1. The molecule has 4 rings (SSSR count). The summed E-state index contributed by atoms with van der Waals surface area (Å²) in [7, 11) is 9.17. The van der Waals surface area contributed by atoms with Crippen molar-refractivity contribution in [1.82, 2.24) is 10.2 Å². The number of carbonyl (C=O) groups is 5. The van der Waals surface area contributed by atoms with Crippen LogP contribution in [0, 0.1) is 5.92 Å². The lowest BCUT2D eigenvalue weighted by Gasteiger charge is -2.42. The minimum atomic E-state index is -1.84. The Morgan fingerprint density at radius 1 is 1.19 bits per heavy atom. The van der Waals surface area contributed by atoms with Gasteiger partial charge in [-0.3, -0.25) is 14.9 Å². The summed E-state index contributed by atoms with van der Waals surface area (Å²) in [5.74, 6) is -0.961. The first-order valence-electron chi connectivity index (χ1n) is 19.4. The Morgan fingerprint density at radius 2 is 1.90 bits per heavy atom. The number of rotatable bonds is 13. The number of Topliss-reactive ketones (excluding diaryl/α,β-unsaturated/α-hetero) is 1. The van der Waals surface area contributed by atoms with Gasteiger partial charge in [-0.15, -0.1) is 0 Å². The Morgan fingerprint density at radius 3 is 2.55 bits per heavy atom. The molecule has 0 spiro atoms. The number of fused-ring (bicyclic) bond motifs is 5. The van der Waals surface area contributed by atoms with Crippen molar-refractivity contribution in [1.29, 1.82) is 0 Å². The van der Waals surface area contributed by atoms with Gasteiger partial charge in [-0.25, -0.2) is 9.59 Å². The topological polar surface area (TPSA) is 174 Å². The standard InChI is InChI=1S/C41H58ClN3O11S2/c1-23-12-11-13-32(53-10)41(51)22-31(54-39(50)43-41)26(4)37-40(6,56-37)33(21-35(48)45(8)29-19-28(18-23)20-30(52-9)36(29)42)55-38(49)27(5)44(7)34(47)16-17-57-58-25(3)15-14-24(2)46/h11-13,19-20,25-27,31-33,37,51H,14-18,21-22H2,1-10H3,(H,43,50)/b13-11+,23-12+/t25?,26-,27+,31?,32-,33+,37+,40+,41+/m1/s1. The van der Waals surface area contributed by atoms with Gasteiger partial charge in [0.25, 0.3) is 0 Å². The predicted molar refractivity (Wildman–Crippen MR) is 225 cm³/mol. The SMILES string of the molecule is COc1cc2cc(c1Cl)N(C)C(=O)C[C@H](OC(=O)[C@H](C)N(C)C(=O)CCSSC(C)CCC(C)=O)[C@]1(C)O[C@H]1[C@H](C)C1C[C@@](O)(NC(=O)O1)[C@H](OC)/C=C/C=C(\C)C2. The van der Waals surface area contributed by atoms with Gasteiger partial charge >= 0.3 is 12.1 Å². The van der Waals surface area contributed by atoms with Crippen LogP contribution in [0.4, 0.5) is 10.5 Å². The predicted octanol–water partition coefficient (Wildman–Crippen LogP) is 6.04. The first kappa shape index (κ1) is 47.4. The molecule has 14 nitrogen and oxygen atoms in total. The summed E-state index contributed by atoms with van der Waals surface area (Å²) < 4.78 is 29.3. The number of nitrogens with one attached hydrogen (secondary N) is 1. The van der Waals surface area contributed by atoms with Crippen molar-refractivity contribution in [3.8, 4) is 5.75 Å². The number of likely N-dealkylation sites (N-methyl/N-ethyl adjacent to an activating group) is 1. The summed E-state index contributed by atoms with van der Waals surface area (Å²) in [4.78, 5) is 68.2. The van der Waals surface area contributed by atoms with E-state index in [1.54, 1.807) is 69.8 Å². The van der Waals surface area contributed by atoms with Gasteiger partial charge < -0.3 is 43.4 Å². The van der Waals surface area contributed by atoms with E-state index in [0.717, 1.165) is 17.6 Å². The number of anilines is 1. The van der Waals surface area contributed by atoms with Crippen molar-refractivity contribution < 1.29 is 52.8 Å². The zero-order valence-corrected chi connectivity index (χ0v) is 37.4. The van der Waals surface area contributed by atoms with Crippen molar-refractivity contribution in [3.05, 3.63) is 46.5 Å². The number of epoxide rings is 1. The van der Waals surface area contributed by atoms with E-state index in [0.29, 0.717) is 30.0 Å². The van der Waals surface area contributed by atoms with Gasteiger partial charge in [-0.05, 0) is 58.2 Å². The Bertz CT molecular complexity index is 1760. The van der Waals surface area contributed by atoms with Gasteiger partial charge in [-0.1, -0.05) is 70.8 Å². The van der Waals surface area contributed by atoms with Crippen molar-refractivity contribution in [2.24, 2.45) is 5.92 Å². The smallest absolute Gasteiger partial charge is 0.409 e. The number of methoxy groups -OCH3 is 2. The number of amides is 3. The fraction of sp³-hybridized carbons (Fsp3) is 0.634. The van der Waals surface area contributed by atoms with Gasteiger partial charge in [0.2, 0.25) is 11.8 Å². The lowest BCUT2D eigenvalue weighted by molar-refractivity contribution is -0.162. The molecule has 4 bridgehead atoms. The number of alkyl carbamates (subject to hydrolysis) is 1. The summed E-state index contributed by atoms with van der Waals surface area (Å²) in [5, 5.41) is 14.8. The van der Waals surface area contributed by atoms with Gasteiger partial charge in [0.05, 0.1) is 25.3 Å². The van der Waals surface area contributed by atoms with Crippen LogP contribution >= 0.6 is 33.2 Å². The second-order valence-electron chi connectivity index (χ2n) is 15.6. The summed E-state index contributed by atoms with van der Waals surface area (Å²) in [6, 6.07) is 2.58. The Hall–Kier alpha value is -3.28. The number of hydrogen-bond donors (Lipinski definition) is 2. The van der Waals surface area contributed by atoms with Crippen LogP contribution in [0.1, 0.15) is 79.2 Å². The average molecular weight is 869 g/mol. The Labute approximate surface area is 354 Å².